The topological polar surface area (TPSA) is 34.1 Å². The van der Waals surface area contributed by atoms with Gasteiger partial charge in [-0.3, -0.25) is 9.59 Å². The van der Waals surface area contributed by atoms with Gasteiger partial charge in [-0.25, -0.2) is 0 Å². The van der Waals surface area contributed by atoms with E-state index in [-0.39, 0.29) is 0 Å². The van der Waals surface area contributed by atoms with Gasteiger partial charge in [0.1, 0.15) is 0 Å². The van der Waals surface area contributed by atoms with Gasteiger partial charge >= 0.3 is 0 Å². The van der Waals surface area contributed by atoms with Crippen molar-refractivity contribution in [2.75, 3.05) is 0 Å². The third kappa shape index (κ3) is 1.89. The van der Waals surface area contributed by atoms with Gasteiger partial charge in [0.15, 0.2) is 12.6 Å². The number of rotatable bonds is 2. The van der Waals surface area contributed by atoms with Crippen molar-refractivity contribution in [2.24, 2.45) is 0 Å². The van der Waals surface area contributed by atoms with Crippen LogP contribution in [0.5, 0.6) is 0 Å². The number of hydrogen-bond donors (Lipinski definition) is 0. The second kappa shape index (κ2) is 4.23. The molecule has 0 fully saturated rings. The highest BCUT2D eigenvalue weighted by atomic mass is 16.1. The molecule has 2 nitrogen and oxygen atoms in total. The van der Waals surface area contributed by atoms with Crippen LogP contribution < -0.4 is 0 Å². The Labute approximate surface area is 70.6 Å². The summed E-state index contributed by atoms with van der Waals surface area (Å²) < 4.78 is 0. The van der Waals surface area contributed by atoms with E-state index in [1.807, 2.05) is 0 Å². The van der Waals surface area contributed by atoms with Gasteiger partial charge in [-0.1, -0.05) is 36.5 Å². The van der Waals surface area contributed by atoms with Crippen LogP contribution in [0.15, 0.2) is 47.6 Å². The average molecular weight is 160 g/mol. The molecule has 0 radical (unpaired) electrons. The molecule has 0 heterocycles. The maximum absolute atomic E-state index is 10.5. The second-order valence-corrected chi connectivity index (χ2v) is 2.25. The standard InChI is InChI=1S/C10H8O2/c11-7-9-5-3-1-2-4-6-10(9)8-12/h1-8H/b2-1-,3-1?,4-2?,5-3-,6-4-,9-5?,10-6?,10-9-. The fraction of sp³-hybridized carbons (Fsp3) is 0. The Kier molecular flexibility index (Phi) is 2.96. The zero-order valence-corrected chi connectivity index (χ0v) is 6.44. The maximum Gasteiger partial charge on any atom is 0.150 e. The predicted octanol–water partition coefficient (Wildman–Crippen LogP) is 1.36. The molecule has 0 spiro atoms. The van der Waals surface area contributed by atoms with Gasteiger partial charge in [-0.05, 0) is 0 Å². The summed E-state index contributed by atoms with van der Waals surface area (Å²) in [6.45, 7) is 0. The summed E-state index contributed by atoms with van der Waals surface area (Å²) in [7, 11) is 0. The van der Waals surface area contributed by atoms with E-state index >= 15 is 0 Å². The van der Waals surface area contributed by atoms with Crippen molar-refractivity contribution in [3.63, 3.8) is 0 Å². The lowest BCUT2D eigenvalue weighted by molar-refractivity contribution is -0.106. The smallest absolute Gasteiger partial charge is 0.150 e. The van der Waals surface area contributed by atoms with Crippen molar-refractivity contribution >= 4 is 12.6 Å². The van der Waals surface area contributed by atoms with Crippen LogP contribution in [0.4, 0.5) is 0 Å². The van der Waals surface area contributed by atoms with Crippen LogP contribution >= 0.6 is 0 Å². The summed E-state index contributed by atoms with van der Waals surface area (Å²) in [6, 6.07) is 0. The number of carbonyl (C=O) groups excluding carboxylic acids is 2. The molecule has 60 valence electrons. The van der Waals surface area contributed by atoms with Gasteiger partial charge in [0.25, 0.3) is 0 Å². The van der Waals surface area contributed by atoms with Gasteiger partial charge in [0, 0.05) is 11.1 Å². The minimum Gasteiger partial charge on any atom is -0.298 e. The third-order valence-electron chi connectivity index (χ3n) is 1.47. The van der Waals surface area contributed by atoms with Crippen LogP contribution in [0.2, 0.25) is 0 Å². The molecular formula is C10H8O2. The zero-order valence-electron chi connectivity index (χ0n) is 6.44. The Bertz CT molecular complexity index is 274. The summed E-state index contributed by atoms with van der Waals surface area (Å²) in [6.07, 6.45) is 11.6. The van der Waals surface area contributed by atoms with Crippen molar-refractivity contribution in [1.29, 1.82) is 0 Å². The number of allylic oxidation sites excluding steroid dienone is 8. The highest BCUT2D eigenvalue weighted by Crippen LogP contribution is 2.05. The molecule has 0 atom stereocenters. The van der Waals surface area contributed by atoms with Crippen LogP contribution in [0, 0.1) is 0 Å². The van der Waals surface area contributed by atoms with Crippen molar-refractivity contribution in [1.82, 2.24) is 0 Å². The van der Waals surface area contributed by atoms with Gasteiger partial charge in [-0.15, -0.1) is 0 Å². The van der Waals surface area contributed by atoms with Crippen LogP contribution in [0.3, 0.4) is 0 Å². The van der Waals surface area contributed by atoms with Gasteiger partial charge in [-0.2, -0.15) is 0 Å². The largest absolute Gasteiger partial charge is 0.298 e. The van der Waals surface area contributed by atoms with Crippen LogP contribution in [-0.2, 0) is 9.59 Å². The van der Waals surface area contributed by atoms with Crippen LogP contribution in [-0.4, -0.2) is 12.6 Å². The van der Waals surface area contributed by atoms with E-state index in [0.717, 1.165) is 0 Å². The Morgan fingerprint density at radius 2 is 1.17 bits per heavy atom. The fourth-order valence-electron chi connectivity index (χ4n) is 0.854. The highest BCUT2D eigenvalue weighted by molar-refractivity contribution is 5.92. The lowest BCUT2D eigenvalue weighted by atomic mass is 10.1. The molecule has 0 saturated heterocycles. The minimum absolute atomic E-state index is 0.408. The molecule has 0 bridgehead atoms. The van der Waals surface area contributed by atoms with E-state index in [4.69, 9.17) is 0 Å². The van der Waals surface area contributed by atoms with Gasteiger partial charge < -0.3 is 0 Å². The number of carbonyl (C=O) groups is 2. The molecule has 0 unspecified atom stereocenters. The molecule has 1 rings (SSSR count). The molecule has 1 aliphatic rings. The predicted molar refractivity (Wildman–Crippen MR) is 46.6 cm³/mol. The molecule has 0 amide bonds. The van der Waals surface area contributed by atoms with Gasteiger partial charge in [0.05, 0.1) is 0 Å². The van der Waals surface area contributed by atoms with Gasteiger partial charge in [0.2, 0.25) is 0 Å². The van der Waals surface area contributed by atoms with Crippen LogP contribution in [0.25, 0.3) is 0 Å². The normalized spacial score (nSPS) is 29.7. The first-order valence-electron chi connectivity index (χ1n) is 3.54. The van der Waals surface area contributed by atoms with E-state index in [1.54, 1.807) is 36.5 Å². The summed E-state index contributed by atoms with van der Waals surface area (Å²) in [5.41, 5.74) is 0.816. The lowest BCUT2D eigenvalue weighted by Crippen LogP contribution is -1.90. The monoisotopic (exact) mass is 160 g/mol. The fourth-order valence-corrected chi connectivity index (χ4v) is 0.854. The Morgan fingerprint density at radius 1 is 0.750 bits per heavy atom. The highest BCUT2D eigenvalue weighted by Gasteiger charge is 1.98. The molecule has 0 saturated carbocycles. The van der Waals surface area contributed by atoms with E-state index in [0.29, 0.717) is 23.7 Å². The Hall–Kier alpha value is -1.70. The SMILES string of the molecule is O=CC1=C(C=O)/C=C\C=C/C=C\1. The first-order chi connectivity index (χ1) is 5.88. The molecule has 0 aromatic heterocycles. The lowest BCUT2D eigenvalue weighted by Gasteiger charge is -1.95. The summed E-state index contributed by atoms with van der Waals surface area (Å²) in [4.78, 5) is 20.9. The third-order valence-corrected chi connectivity index (χ3v) is 1.47. The van der Waals surface area contributed by atoms with Crippen molar-refractivity contribution in [2.45, 2.75) is 0 Å². The maximum atomic E-state index is 10.5. The molecule has 2 heteroatoms. The molecule has 0 aliphatic heterocycles. The molecule has 1 aliphatic carbocycles. The van der Waals surface area contributed by atoms with E-state index in [1.165, 1.54) is 0 Å². The van der Waals surface area contributed by atoms with Crippen molar-refractivity contribution < 1.29 is 9.59 Å². The first-order valence-corrected chi connectivity index (χ1v) is 3.54. The van der Waals surface area contributed by atoms with Crippen molar-refractivity contribution in [3.05, 3.63) is 47.6 Å². The minimum atomic E-state index is 0.408. The van der Waals surface area contributed by atoms with E-state index in [2.05, 4.69) is 0 Å². The average Bonchev–Trinajstić information content (AvgIpc) is 2.05. The summed E-state index contributed by atoms with van der Waals surface area (Å²) >= 11 is 0. The molecule has 0 aromatic carbocycles. The molecule has 0 N–H and O–H groups in total. The summed E-state index contributed by atoms with van der Waals surface area (Å²) in [5.74, 6) is 0. The zero-order chi connectivity index (χ0) is 8.81. The first kappa shape index (κ1) is 8.40. The number of hydrogen-bond acceptors (Lipinski definition) is 2. The van der Waals surface area contributed by atoms with E-state index in [9.17, 15) is 9.59 Å². The second-order valence-electron chi connectivity index (χ2n) is 2.25. The Balaban J connectivity index is 3.11. The molecular weight excluding hydrogens is 152 g/mol. The van der Waals surface area contributed by atoms with E-state index < -0.39 is 0 Å². The quantitative estimate of drug-likeness (QED) is 0.571. The van der Waals surface area contributed by atoms with Crippen LogP contribution in [0.1, 0.15) is 0 Å². The molecule has 0 aromatic rings. The molecule has 12 heavy (non-hydrogen) atoms. The van der Waals surface area contributed by atoms with Crippen molar-refractivity contribution in [3.8, 4) is 0 Å². The Morgan fingerprint density at radius 3 is 1.50 bits per heavy atom. The number of aldehydes is 2. The summed E-state index contributed by atoms with van der Waals surface area (Å²) in [5, 5.41) is 0.